The van der Waals surface area contributed by atoms with Crippen LogP contribution in [0.2, 0.25) is 5.02 Å². The molecule has 0 aromatic heterocycles. The highest BCUT2D eigenvalue weighted by molar-refractivity contribution is 6.31. The first-order valence-corrected chi connectivity index (χ1v) is 15.0. The Balaban J connectivity index is 0.000000174. The molecule has 5 aromatic carbocycles. The van der Waals surface area contributed by atoms with Crippen LogP contribution in [-0.2, 0) is 23.9 Å². The first-order valence-electron chi connectivity index (χ1n) is 14.0. The highest BCUT2D eigenvalue weighted by Gasteiger charge is 2.30. The lowest BCUT2D eigenvalue weighted by Gasteiger charge is -2.08. The molecule has 0 unspecified atom stereocenters. The molecule has 11 heteroatoms. The van der Waals surface area contributed by atoms with Crippen LogP contribution in [0.15, 0.2) is 121 Å². The number of anilines is 1. The molecule has 5 nitrogen and oxygen atoms in total. The molecule has 1 aliphatic rings. The number of aromatic carboxylic acids is 1. The van der Waals surface area contributed by atoms with Crippen LogP contribution in [0.25, 0.3) is 11.1 Å². The molecule has 0 spiro atoms. The van der Waals surface area contributed by atoms with E-state index in [2.05, 4.69) is 53.8 Å². The first-order chi connectivity index (χ1) is 22.4. The average Bonchev–Trinajstić information content (AvgIpc) is 3.45. The zero-order valence-electron chi connectivity index (χ0n) is 24.8. The van der Waals surface area contributed by atoms with Crippen molar-refractivity contribution in [1.29, 1.82) is 0 Å². The second-order valence-corrected chi connectivity index (χ2v) is 10.5. The molecule has 0 radical (unpaired) electrons. The van der Waals surface area contributed by atoms with Gasteiger partial charge in [0.25, 0.3) is 0 Å². The summed E-state index contributed by atoms with van der Waals surface area (Å²) in [6.07, 6.45) is -3.31. The number of hydrogen-bond acceptors (Lipinski definition) is 3. The fourth-order valence-corrected chi connectivity index (χ4v) is 4.58. The molecule has 4 N–H and O–H groups in total. The number of nitrogens with one attached hydrogen (secondary N) is 1. The zero-order valence-corrected chi connectivity index (χ0v) is 26.3. The molecule has 0 aliphatic heterocycles. The van der Waals surface area contributed by atoms with Gasteiger partial charge in [-0.3, -0.25) is 4.79 Å². The Morgan fingerprint density at radius 3 is 1.83 bits per heavy atom. The van der Waals surface area contributed by atoms with E-state index >= 15 is 0 Å². The molecule has 5 aromatic rings. The van der Waals surface area contributed by atoms with Gasteiger partial charge in [0.2, 0.25) is 5.91 Å². The number of halogens is 6. The normalized spacial score (nSPS) is 10.8. The number of alkyl halides is 4. The monoisotopic (exact) mass is 684 g/mol. The summed E-state index contributed by atoms with van der Waals surface area (Å²) in [6, 6.07) is 33.9. The molecule has 47 heavy (non-hydrogen) atoms. The summed E-state index contributed by atoms with van der Waals surface area (Å²) >= 11 is 10.9. The van der Waals surface area contributed by atoms with Gasteiger partial charge in [-0.2, -0.15) is 13.2 Å². The third-order valence-electron chi connectivity index (χ3n) is 6.57. The number of hydrogen-bond donors (Lipinski definition) is 3. The minimum Gasteiger partial charge on any atom is -0.478 e. The Hall–Kier alpha value is -4.70. The summed E-state index contributed by atoms with van der Waals surface area (Å²) < 4.78 is 48.9. The van der Waals surface area contributed by atoms with Gasteiger partial charge in [0.05, 0.1) is 11.1 Å². The van der Waals surface area contributed by atoms with E-state index in [0.717, 1.165) is 41.3 Å². The summed E-state index contributed by atoms with van der Waals surface area (Å²) in [6.45, 7) is 0.514. The fraction of sp³-hybridized carbons (Fsp3) is 0.111. The van der Waals surface area contributed by atoms with Crippen molar-refractivity contribution < 1.29 is 32.3 Å². The molecule has 1 aliphatic carbocycles. The molecular formula is C36H30Cl2F4N2O3. The van der Waals surface area contributed by atoms with Crippen LogP contribution in [0.4, 0.5) is 23.2 Å². The van der Waals surface area contributed by atoms with Gasteiger partial charge in [0.1, 0.15) is 11.7 Å². The quantitative estimate of drug-likeness (QED) is 0.127. The van der Waals surface area contributed by atoms with Gasteiger partial charge in [-0.1, -0.05) is 84.4 Å². The maximum Gasteiger partial charge on any atom is 0.416 e. The number of benzene rings is 5. The van der Waals surface area contributed by atoms with Crippen molar-refractivity contribution in [3.05, 3.63) is 160 Å². The maximum absolute atomic E-state index is 12.2. The minimum absolute atomic E-state index is 0.0791. The Bertz CT molecular complexity index is 1740. The number of amides is 1. The lowest BCUT2D eigenvalue weighted by Crippen LogP contribution is -2.13. The maximum atomic E-state index is 12.2. The molecule has 6 rings (SSSR count). The van der Waals surface area contributed by atoms with Crippen LogP contribution in [0.3, 0.4) is 0 Å². The zero-order chi connectivity index (χ0) is 34.4. The van der Waals surface area contributed by atoms with Crippen LogP contribution in [0.1, 0.15) is 32.6 Å². The predicted octanol–water partition coefficient (Wildman–Crippen LogP) is 9.46. The molecular weight excluding hydrogens is 655 g/mol. The number of carbonyl (C=O) groups excluding carboxylic acids is 1. The fourth-order valence-electron chi connectivity index (χ4n) is 4.30. The summed E-state index contributed by atoms with van der Waals surface area (Å²) in [5.41, 5.74) is 11.5. The third kappa shape index (κ3) is 11.6. The van der Waals surface area contributed by atoms with Crippen LogP contribution in [0, 0.1) is 5.82 Å². The minimum atomic E-state index is -4.41. The van der Waals surface area contributed by atoms with Gasteiger partial charge in [0.15, 0.2) is 0 Å². The molecule has 0 heterocycles. The molecule has 0 bridgehead atoms. The van der Waals surface area contributed by atoms with Gasteiger partial charge in [0, 0.05) is 17.3 Å². The van der Waals surface area contributed by atoms with Crippen LogP contribution in [0.5, 0.6) is 0 Å². The highest BCUT2D eigenvalue weighted by Crippen LogP contribution is 2.35. The van der Waals surface area contributed by atoms with E-state index in [1.165, 1.54) is 46.5 Å². The van der Waals surface area contributed by atoms with Gasteiger partial charge >= 0.3 is 12.1 Å². The van der Waals surface area contributed by atoms with E-state index in [0.29, 0.717) is 6.54 Å². The van der Waals surface area contributed by atoms with Crippen LogP contribution < -0.4 is 11.1 Å². The van der Waals surface area contributed by atoms with Crippen LogP contribution >= 0.6 is 23.2 Å². The smallest absolute Gasteiger partial charge is 0.416 e. The lowest BCUT2D eigenvalue weighted by atomic mass is 10.1. The molecule has 0 saturated heterocycles. The standard InChI is InChI=1S/C13H10.C9H7ClF3NO.C7H8ClN.C7H5FO2/c1-3-7-12-10(5-1)9-11-6-2-4-8-13(11)12;10-5-8(15)14-7-3-1-2-6(4-7)9(11,12)13;8-7-4-2-1-3-6(7)5-9;8-6-3-1-5(2-4-6)7(9)10/h1-8H,9H2;1-4H,5H2,(H,14,15);1-4H,5,9H2;1-4H,(H,9,10). The van der Waals surface area contributed by atoms with Crippen molar-refractivity contribution in [3.63, 3.8) is 0 Å². The predicted molar refractivity (Wildman–Crippen MR) is 178 cm³/mol. The van der Waals surface area contributed by atoms with Crippen molar-refractivity contribution in [2.24, 2.45) is 5.73 Å². The molecule has 0 atom stereocenters. The highest BCUT2D eigenvalue weighted by atomic mass is 35.5. The van der Waals surface area contributed by atoms with E-state index in [4.69, 9.17) is 34.0 Å². The SMILES string of the molecule is NCc1ccccc1Cl.O=C(CCl)Nc1cccc(C(F)(F)F)c1.O=C(O)c1ccc(F)cc1.c1ccc2c(c1)Cc1ccccc1-2. The Morgan fingerprint density at radius 1 is 0.787 bits per heavy atom. The molecule has 1 amide bonds. The van der Waals surface area contributed by atoms with E-state index in [1.54, 1.807) is 0 Å². The van der Waals surface area contributed by atoms with Crippen molar-refractivity contribution in [2.45, 2.75) is 19.1 Å². The topological polar surface area (TPSA) is 92.4 Å². The second-order valence-electron chi connectivity index (χ2n) is 9.86. The Morgan fingerprint density at radius 2 is 1.34 bits per heavy atom. The number of fused-ring (bicyclic) bond motifs is 3. The molecule has 0 saturated carbocycles. The summed E-state index contributed by atoms with van der Waals surface area (Å²) in [4.78, 5) is 21.0. The van der Waals surface area contributed by atoms with Gasteiger partial charge in [-0.15, -0.1) is 11.6 Å². The molecule has 244 valence electrons. The van der Waals surface area contributed by atoms with Gasteiger partial charge in [-0.25, -0.2) is 9.18 Å². The van der Waals surface area contributed by atoms with Crippen molar-refractivity contribution in [2.75, 3.05) is 11.2 Å². The van der Waals surface area contributed by atoms with Crippen molar-refractivity contribution >= 4 is 40.8 Å². The van der Waals surface area contributed by atoms with Crippen LogP contribution in [-0.4, -0.2) is 22.9 Å². The first kappa shape index (κ1) is 36.8. The van der Waals surface area contributed by atoms with E-state index in [9.17, 15) is 27.2 Å². The summed E-state index contributed by atoms with van der Waals surface area (Å²) in [5.74, 6) is -2.31. The van der Waals surface area contributed by atoms with E-state index in [-0.39, 0.29) is 17.1 Å². The van der Waals surface area contributed by atoms with Gasteiger partial charge in [-0.05, 0) is 82.8 Å². The average molecular weight is 686 g/mol. The lowest BCUT2D eigenvalue weighted by molar-refractivity contribution is -0.137. The number of carboxylic acids is 1. The van der Waals surface area contributed by atoms with E-state index < -0.39 is 29.4 Å². The summed E-state index contributed by atoms with van der Waals surface area (Å²) in [7, 11) is 0. The summed E-state index contributed by atoms with van der Waals surface area (Å²) in [5, 5.41) is 11.3. The molecule has 0 fully saturated rings. The third-order valence-corrected chi connectivity index (χ3v) is 7.18. The Kier molecular flexibility index (Phi) is 14.0. The second kappa shape index (κ2) is 17.9. The number of nitrogens with two attached hydrogens (primary N) is 1. The Labute approximate surface area is 279 Å². The van der Waals surface area contributed by atoms with Crippen molar-refractivity contribution in [3.8, 4) is 11.1 Å². The number of carbonyl (C=O) groups is 2. The largest absolute Gasteiger partial charge is 0.478 e. The number of rotatable bonds is 4. The van der Waals surface area contributed by atoms with Gasteiger partial charge < -0.3 is 16.2 Å². The number of carboxylic acid groups (broad SMARTS) is 1. The van der Waals surface area contributed by atoms with E-state index in [1.807, 2.05) is 24.3 Å². The van der Waals surface area contributed by atoms with Crippen molar-refractivity contribution in [1.82, 2.24) is 0 Å².